The molecule has 9 heteroatoms. The molecule has 1 saturated heterocycles. The number of nitrogens with one attached hydrogen (secondary N) is 1. The number of nitrogen functional groups attached to an aromatic ring is 1. The van der Waals surface area contributed by atoms with Crippen LogP contribution in [0.3, 0.4) is 0 Å². The lowest BCUT2D eigenvalue weighted by atomic mass is 10.1. The fourth-order valence-electron chi connectivity index (χ4n) is 4.14. The highest BCUT2D eigenvalue weighted by atomic mass is 32.2. The summed E-state index contributed by atoms with van der Waals surface area (Å²) in [5.74, 6) is 1.29. The van der Waals surface area contributed by atoms with Crippen LogP contribution in [0.2, 0.25) is 0 Å². The first-order valence-electron chi connectivity index (χ1n) is 11.2. The summed E-state index contributed by atoms with van der Waals surface area (Å²) in [6.45, 7) is 6.95. The molecule has 2 atom stereocenters. The van der Waals surface area contributed by atoms with Crippen LogP contribution in [0.4, 0.5) is 5.82 Å². The van der Waals surface area contributed by atoms with Crippen LogP contribution in [0.15, 0.2) is 42.9 Å². The van der Waals surface area contributed by atoms with Crippen molar-refractivity contribution in [2.75, 3.05) is 30.9 Å². The summed E-state index contributed by atoms with van der Waals surface area (Å²) in [6.07, 6.45) is 5.77. The minimum atomic E-state index is -0.511. The maximum atomic E-state index is 6.20. The molecule has 0 aliphatic carbocycles. The summed E-state index contributed by atoms with van der Waals surface area (Å²) in [5.41, 5.74) is 10.0. The van der Waals surface area contributed by atoms with Gasteiger partial charge in [0.25, 0.3) is 0 Å². The first-order chi connectivity index (χ1) is 16.0. The van der Waals surface area contributed by atoms with Crippen molar-refractivity contribution in [3.8, 4) is 0 Å². The van der Waals surface area contributed by atoms with E-state index in [0.717, 1.165) is 34.5 Å². The Morgan fingerprint density at radius 2 is 2.12 bits per heavy atom. The Morgan fingerprint density at radius 3 is 2.85 bits per heavy atom. The molecule has 1 fully saturated rings. The molecule has 0 amide bonds. The maximum absolute atomic E-state index is 6.20. The van der Waals surface area contributed by atoms with Gasteiger partial charge in [0.05, 0.1) is 24.8 Å². The van der Waals surface area contributed by atoms with E-state index in [1.165, 1.54) is 6.33 Å². The molecule has 0 spiro atoms. The molecule has 1 aliphatic heterocycles. The van der Waals surface area contributed by atoms with Gasteiger partial charge in [0.1, 0.15) is 18.6 Å². The predicted molar refractivity (Wildman–Crippen MR) is 132 cm³/mol. The summed E-state index contributed by atoms with van der Waals surface area (Å²) < 4.78 is 19.8. The smallest absolute Gasteiger partial charge is 0.163 e. The number of aromatic nitrogens is 3. The van der Waals surface area contributed by atoms with Gasteiger partial charge in [-0.3, -0.25) is 0 Å². The second-order valence-corrected chi connectivity index (χ2v) is 9.67. The van der Waals surface area contributed by atoms with Crippen LogP contribution in [0.25, 0.3) is 11.0 Å². The number of hydrogen-bond acceptors (Lipinski definition) is 8. The van der Waals surface area contributed by atoms with Crippen molar-refractivity contribution in [3.63, 3.8) is 0 Å². The minimum absolute atomic E-state index is 0.0886. The highest BCUT2D eigenvalue weighted by molar-refractivity contribution is 7.98. The third kappa shape index (κ3) is 6.04. The lowest BCUT2D eigenvalue weighted by Gasteiger charge is -2.24. The van der Waals surface area contributed by atoms with Crippen LogP contribution in [0.5, 0.6) is 0 Å². The van der Waals surface area contributed by atoms with Crippen molar-refractivity contribution in [3.05, 3.63) is 54.0 Å². The molecule has 1 aliphatic rings. The van der Waals surface area contributed by atoms with Crippen molar-refractivity contribution >= 4 is 28.6 Å². The first-order valence-corrected chi connectivity index (χ1v) is 12.6. The van der Waals surface area contributed by atoms with Gasteiger partial charge in [-0.15, -0.1) is 0 Å². The molecule has 178 valence electrons. The molecular weight excluding hydrogens is 438 g/mol. The SMILES string of the molecule is CSCC(CNCc1cn(COCc2ccccc2)c2c(N)ncnc12)C1COC(C)(C)O1. The van der Waals surface area contributed by atoms with Gasteiger partial charge in [-0.25, -0.2) is 9.97 Å². The minimum Gasteiger partial charge on any atom is -0.382 e. The number of ether oxygens (including phenoxy) is 3. The third-order valence-corrected chi connectivity index (χ3v) is 6.52. The van der Waals surface area contributed by atoms with E-state index in [1.54, 1.807) is 0 Å². The zero-order chi connectivity index (χ0) is 23.3. The molecule has 33 heavy (non-hydrogen) atoms. The molecular formula is C24H33N5O3S. The lowest BCUT2D eigenvalue weighted by molar-refractivity contribution is -0.143. The Bertz CT molecular complexity index is 1040. The van der Waals surface area contributed by atoms with E-state index in [-0.39, 0.29) is 6.10 Å². The Labute approximate surface area is 199 Å². The van der Waals surface area contributed by atoms with Crippen LogP contribution in [-0.2, 0) is 34.1 Å². The van der Waals surface area contributed by atoms with Crippen molar-refractivity contribution in [2.45, 2.75) is 45.6 Å². The van der Waals surface area contributed by atoms with E-state index in [9.17, 15) is 0 Å². The molecule has 8 nitrogen and oxygen atoms in total. The normalized spacial score (nSPS) is 18.7. The second-order valence-electron chi connectivity index (χ2n) is 8.76. The van der Waals surface area contributed by atoms with Crippen molar-refractivity contribution in [1.82, 2.24) is 19.9 Å². The predicted octanol–water partition coefficient (Wildman–Crippen LogP) is 3.41. The number of anilines is 1. The fourth-order valence-corrected chi connectivity index (χ4v) is 4.90. The van der Waals surface area contributed by atoms with E-state index in [4.69, 9.17) is 19.9 Å². The van der Waals surface area contributed by atoms with Crippen molar-refractivity contribution in [2.24, 2.45) is 5.92 Å². The number of thioether (sulfide) groups is 1. The Balaban J connectivity index is 1.41. The zero-order valence-corrected chi connectivity index (χ0v) is 20.3. The van der Waals surface area contributed by atoms with E-state index < -0.39 is 5.79 Å². The molecule has 0 radical (unpaired) electrons. The molecule has 2 aromatic heterocycles. The summed E-state index contributed by atoms with van der Waals surface area (Å²) in [5, 5.41) is 3.59. The monoisotopic (exact) mass is 471 g/mol. The third-order valence-electron chi connectivity index (χ3n) is 5.75. The Morgan fingerprint density at radius 1 is 1.30 bits per heavy atom. The number of hydrogen-bond donors (Lipinski definition) is 2. The maximum Gasteiger partial charge on any atom is 0.163 e. The lowest BCUT2D eigenvalue weighted by Crippen LogP contribution is -2.35. The standard InChI is InChI=1S/C24H33N5O3S/c1-24(2)31-13-20(32-24)19(14-33-3)10-26-9-18-11-29(22-21(18)27-15-28-23(22)25)16-30-12-17-7-5-4-6-8-17/h4-8,11,15,19-20,26H,9-10,12-14,16H2,1-3H3,(H2,25,27,28). The molecule has 3 N–H and O–H groups in total. The molecule has 3 heterocycles. The molecule has 2 unspecified atom stereocenters. The van der Waals surface area contributed by atoms with Crippen molar-refractivity contribution in [1.29, 1.82) is 0 Å². The average Bonchev–Trinajstić information content (AvgIpc) is 3.34. The highest BCUT2D eigenvalue weighted by Crippen LogP contribution is 2.28. The Kier molecular flexibility index (Phi) is 7.87. The van der Waals surface area contributed by atoms with E-state index in [0.29, 0.717) is 38.2 Å². The summed E-state index contributed by atoms with van der Waals surface area (Å²) in [6, 6.07) is 10.1. The summed E-state index contributed by atoms with van der Waals surface area (Å²) >= 11 is 1.83. The van der Waals surface area contributed by atoms with Gasteiger partial charge in [-0.1, -0.05) is 30.3 Å². The van der Waals surface area contributed by atoms with E-state index >= 15 is 0 Å². The average molecular weight is 472 g/mol. The quantitative estimate of drug-likeness (QED) is 0.439. The Hall–Kier alpha value is -2.17. The van der Waals surface area contributed by atoms with Gasteiger partial charge in [-0.2, -0.15) is 11.8 Å². The van der Waals surface area contributed by atoms with Crippen LogP contribution >= 0.6 is 11.8 Å². The number of benzene rings is 1. The summed E-state index contributed by atoms with van der Waals surface area (Å²) in [7, 11) is 0. The van der Waals surface area contributed by atoms with E-state index in [2.05, 4.69) is 27.7 Å². The van der Waals surface area contributed by atoms with Crippen LogP contribution in [-0.4, -0.2) is 51.6 Å². The van der Waals surface area contributed by atoms with Gasteiger partial charge < -0.3 is 29.8 Å². The van der Waals surface area contributed by atoms with Crippen LogP contribution < -0.4 is 11.1 Å². The van der Waals surface area contributed by atoms with Gasteiger partial charge in [-0.05, 0) is 31.4 Å². The number of fused-ring (bicyclic) bond motifs is 1. The molecule has 1 aromatic carbocycles. The molecule has 4 rings (SSSR count). The topological polar surface area (TPSA) is 96.5 Å². The van der Waals surface area contributed by atoms with Gasteiger partial charge >= 0.3 is 0 Å². The zero-order valence-electron chi connectivity index (χ0n) is 19.5. The number of nitrogens with zero attached hydrogens (tertiary/aromatic N) is 3. The van der Waals surface area contributed by atoms with Crippen LogP contribution in [0, 0.1) is 5.92 Å². The summed E-state index contributed by atoms with van der Waals surface area (Å²) in [4.78, 5) is 8.69. The van der Waals surface area contributed by atoms with Gasteiger partial charge in [0.15, 0.2) is 11.6 Å². The second kappa shape index (κ2) is 10.8. The van der Waals surface area contributed by atoms with E-state index in [1.807, 2.05) is 60.5 Å². The highest BCUT2D eigenvalue weighted by Gasteiger charge is 2.37. The largest absolute Gasteiger partial charge is 0.382 e. The van der Waals surface area contributed by atoms with Gasteiger partial charge in [0, 0.05) is 30.8 Å². The number of nitrogens with two attached hydrogens (primary N) is 1. The first kappa shape index (κ1) is 24.0. The van der Waals surface area contributed by atoms with Gasteiger partial charge in [0.2, 0.25) is 0 Å². The van der Waals surface area contributed by atoms with Crippen molar-refractivity contribution < 1.29 is 14.2 Å². The molecule has 3 aromatic rings. The fraction of sp³-hybridized carbons (Fsp3) is 0.500. The molecule has 0 bridgehead atoms. The molecule has 0 saturated carbocycles. The van der Waals surface area contributed by atoms with Crippen LogP contribution in [0.1, 0.15) is 25.0 Å². The number of rotatable bonds is 11.